The maximum atomic E-state index is 14.7. The second kappa shape index (κ2) is 6.97. The number of cyclic esters (lactones) is 1. The van der Waals surface area contributed by atoms with E-state index in [1.54, 1.807) is 12.1 Å². The van der Waals surface area contributed by atoms with Crippen molar-refractivity contribution in [1.29, 1.82) is 0 Å². The molecule has 1 saturated carbocycles. The molecule has 1 aliphatic carbocycles. The van der Waals surface area contributed by atoms with E-state index >= 15 is 0 Å². The van der Waals surface area contributed by atoms with Gasteiger partial charge in [-0.2, -0.15) is 0 Å². The molecule has 27 heavy (non-hydrogen) atoms. The average Bonchev–Trinajstić information content (AvgIpc) is 2.98. The summed E-state index contributed by atoms with van der Waals surface area (Å²) >= 11 is 0. The van der Waals surface area contributed by atoms with Gasteiger partial charge in [-0.15, -0.1) is 0 Å². The van der Waals surface area contributed by atoms with Crippen LogP contribution in [0.3, 0.4) is 0 Å². The smallest absolute Gasteiger partial charge is 0.414 e. The lowest BCUT2D eigenvalue weighted by molar-refractivity contribution is -0.119. The first-order valence-corrected chi connectivity index (χ1v) is 9.12. The zero-order valence-corrected chi connectivity index (χ0v) is 15.0. The lowest BCUT2D eigenvalue weighted by Crippen LogP contribution is -2.33. The van der Waals surface area contributed by atoms with Crippen LogP contribution in [0.25, 0.3) is 0 Å². The fourth-order valence-corrected chi connectivity index (χ4v) is 4.27. The first-order chi connectivity index (χ1) is 13.0. The molecule has 3 N–H and O–H groups in total. The Morgan fingerprint density at radius 1 is 1.30 bits per heavy atom. The molecule has 9 heteroatoms. The van der Waals surface area contributed by atoms with E-state index in [9.17, 15) is 14.0 Å². The molecule has 2 saturated heterocycles. The molecule has 1 aromatic rings. The van der Waals surface area contributed by atoms with Crippen molar-refractivity contribution in [3.63, 3.8) is 0 Å². The molecule has 4 rings (SSSR count). The van der Waals surface area contributed by atoms with Crippen LogP contribution >= 0.6 is 0 Å². The summed E-state index contributed by atoms with van der Waals surface area (Å²) in [6.45, 7) is 4.03. The predicted molar refractivity (Wildman–Crippen MR) is 95.2 cm³/mol. The molecule has 4 atom stereocenters. The van der Waals surface area contributed by atoms with Crippen molar-refractivity contribution >= 4 is 23.4 Å². The molecule has 0 aromatic heterocycles. The van der Waals surface area contributed by atoms with E-state index in [1.807, 2.05) is 4.90 Å². The average molecular weight is 378 g/mol. The third kappa shape index (κ3) is 3.44. The zero-order chi connectivity index (χ0) is 19.1. The number of piperidine rings is 1. The van der Waals surface area contributed by atoms with Crippen molar-refractivity contribution in [2.45, 2.75) is 13.0 Å². The quantitative estimate of drug-likeness (QED) is 0.638. The highest BCUT2D eigenvalue weighted by atomic mass is 19.1. The van der Waals surface area contributed by atoms with Crippen LogP contribution in [0.4, 0.5) is 20.6 Å². The van der Waals surface area contributed by atoms with Crippen LogP contribution in [-0.4, -0.2) is 56.0 Å². The van der Waals surface area contributed by atoms with Crippen molar-refractivity contribution < 1.29 is 23.9 Å². The van der Waals surface area contributed by atoms with E-state index in [-0.39, 0.29) is 24.8 Å². The van der Waals surface area contributed by atoms with Gasteiger partial charge in [0, 0.05) is 26.6 Å². The molecule has 0 bridgehead atoms. The molecule has 1 aromatic carbocycles. The molecule has 2 aliphatic heterocycles. The highest BCUT2D eigenvalue weighted by molar-refractivity contribution is 5.90. The van der Waals surface area contributed by atoms with Crippen LogP contribution in [-0.2, 0) is 9.53 Å². The Morgan fingerprint density at radius 3 is 2.67 bits per heavy atom. The van der Waals surface area contributed by atoms with Crippen molar-refractivity contribution in [1.82, 2.24) is 10.8 Å². The monoisotopic (exact) mass is 378 g/mol. The largest absolute Gasteiger partial charge is 0.442 e. The Labute approximate surface area is 156 Å². The second-order valence-electron chi connectivity index (χ2n) is 7.45. The summed E-state index contributed by atoms with van der Waals surface area (Å²) in [6.07, 6.45) is -0.994. The molecule has 2 amide bonds. The highest BCUT2D eigenvalue weighted by Gasteiger charge is 2.55. The first kappa shape index (κ1) is 18.0. The Morgan fingerprint density at radius 2 is 2.04 bits per heavy atom. The number of carbonyl (C=O) groups is 2. The van der Waals surface area contributed by atoms with Crippen LogP contribution in [0.15, 0.2) is 18.2 Å². The Hall–Kier alpha value is -2.39. The number of nitrogens with one attached hydrogen (secondary N) is 2. The molecular weight excluding hydrogens is 355 g/mol. The first-order valence-electron chi connectivity index (χ1n) is 9.12. The van der Waals surface area contributed by atoms with Crippen molar-refractivity contribution in [3.05, 3.63) is 24.0 Å². The fraction of sp³-hybridized carbons (Fsp3) is 0.556. The zero-order valence-electron chi connectivity index (χ0n) is 15.0. The molecule has 0 spiro atoms. The van der Waals surface area contributed by atoms with Gasteiger partial charge < -0.3 is 20.2 Å². The summed E-state index contributed by atoms with van der Waals surface area (Å²) in [5.74, 6) is 0.886. The molecule has 0 radical (unpaired) electrons. The molecule has 146 valence electrons. The molecule has 3 aliphatic rings. The number of hydroxylamine groups is 1. The number of halogens is 1. The Balaban J connectivity index is 1.39. The molecule has 3 fully saturated rings. The van der Waals surface area contributed by atoms with Crippen LogP contribution < -0.4 is 20.6 Å². The van der Waals surface area contributed by atoms with Crippen LogP contribution in [0.1, 0.15) is 6.92 Å². The number of ether oxygens (including phenoxy) is 1. The normalized spacial score (nSPS) is 28.9. The molecule has 1 unspecified atom stereocenters. The summed E-state index contributed by atoms with van der Waals surface area (Å²) in [5.41, 5.74) is 3.20. The van der Waals surface area contributed by atoms with Crippen LogP contribution in [0.5, 0.6) is 0 Å². The minimum Gasteiger partial charge on any atom is -0.442 e. The predicted octanol–water partition coefficient (Wildman–Crippen LogP) is 0.948. The Bertz CT molecular complexity index is 749. The van der Waals surface area contributed by atoms with Gasteiger partial charge >= 0.3 is 6.09 Å². The minimum atomic E-state index is -0.542. The van der Waals surface area contributed by atoms with Crippen molar-refractivity contribution in [2.24, 2.45) is 17.8 Å². The van der Waals surface area contributed by atoms with Crippen LogP contribution in [0.2, 0.25) is 0 Å². The second-order valence-corrected chi connectivity index (χ2v) is 7.45. The van der Waals surface area contributed by atoms with E-state index in [0.717, 1.165) is 13.1 Å². The van der Waals surface area contributed by atoms with E-state index in [0.29, 0.717) is 35.7 Å². The maximum absolute atomic E-state index is 14.7. The lowest BCUT2D eigenvalue weighted by atomic mass is 10.2. The minimum absolute atomic E-state index is 0.194. The van der Waals surface area contributed by atoms with Gasteiger partial charge in [-0.05, 0) is 36.0 Å². The van der Waals surface area contributed by atoms with Gasteiger partial charge in [0.05, 0.1) is 24.5 Å². The van der Waals surface area contributed by atoms with Gasteiger partial charge in [0.2, 0.25) is 5.91 Å². The van der Waals surface area contributed by atoms with E-state index in [1.165, 1.54) is 17.9 Å². The fourth-order valence-electron chi connectivity index (χ4n) is 4.27. The van der Waals surface area contributed by atoms with Gasteiger partial charge in [0.15, 0.2) is 0 Å². The number of rotatable bonds is 6. The summed E-state index contributed by atoms with van der Waals surface area (Å²) in [7, 11) is 0. The van der Waals surface area contributed by atoms with Crippen LogP contribution in [0, 0.1) is 23.6 Å². The number of hydrogen-bond donors (Lipinski definition) is 3. The third-order valence-electron chi connectivity index (χ3n) is 5.73. The third-order valence-corrected chi connectivity index (χ3v) is 5.73. The topological polar surface area (TPSA) is 94.1 Å². The number of benzene rings is 1. The van der Waals surface area contributed by atoms with Gasteiger partial charge in [-0.1, -0.05) is 0 Å². The summed E-state index contributed by atoms with van der Waals surface area (Å²) < 4.78 is 19.9. The SMILES string of the molecule is CC(=O)NC[C@H]1CN(c2ccc(N3C[C@@H]4C(CNO)[C@@H]4C3)c(F)c2)C(=O)O1. The van der Waals surface area contributed by atoms with E-state index < -0.39 is 12.2 Å². The Kier molecular flexibility index (Phi) is 4.65. The van der Waals surface area contributed by atoms with Crippen molar-refractivity contribution in [2.75, 3.05) is 42.5 Å². The number of hydrogen-bond acceptors (Lipinski definition) is 6. The standard InChI is InChI=1S/C18H23FN4O4/c1-10(24)20-5-12-7-23(18(25)27-12)11-2-3-17(16(19)4-11)22-8-14-13(6-21-26)15(14)9-22/h2-4,12-15,21,26H,5-9H2,1H3,(H,20,24)/t12-,13?,14-,15+/m0/s1. The summed E-state index contributed by atoms with van der Waals surface area (Å²) in [6, 6.07) is 4.77. The van der Waals surface area contributed by atoms with Crippen molar-refractivity contribution in [3.8, 4) is 0 Å². The summed E-state index contributed by atoms with van der Waals surface area (Å²) in [4.78, 5) is 26.4. The van der Waals surface area contributed by atoms with E-state index in [4.69, 9.17) is 9.94 Å². The van der Waals surface area contributed by atoms with Gasteiger partial charge in [-0.3, -0.25) is 9.69 Å². The summed E-state index contributed by atoms with van der Waals surface area (Å²) in [5, 5.41) is 11.4. The van der Waals surface area contributed by atoms with Gasteiger partial charge in [0.25, 0.3) is 0 Å². The number of amides is 2. The highest BCUT2D eigenvalue weighted by Crippen LogP contribution is 2.52. The number of fused-ring (bicyclic) bond motifs is 1. The lowest BCUT2D eigenvalue weighted by Gasteiger charge is -2.23. The van der Waals surface area contributed by atoms with Gasteiger partial charge in [-0.25, -0.2) is 14.7 Å². The van der Waals surface area contributed by atoms with Gasteiger partial charge in [0.1, 0.15) is 11.9 Å². The molecular formula is C18H23FN4O4. The number of carbonyl (C=O) groups excluding carboxylic acids is 2. The molecule has 2 heterocycles. The number of anilines is 2. The molecule has 8 nitrogen and oxygen atoms in total. The number of nitrogens with zero attached hydrogens (tertiary/aromatic N) is 2. The maximum Gasteiger partial charge on any atom is 0.414 e. The van der Waals surface area contributed by atoms with E-state index in [2.05, 4.69) is 10.8 Å².